The van der Waals surface area contributed by atoms with Crippen LogP contribution < -0.4 is 19.5 Å². The SMILES string of the molecule is COc1cc(CNC2COc3c(cccc3OC)C2)ccc1F. The van der Waals surface area contributed by atoms with E-state index in [1.807, 2.05) is 18.2 Å². The molecule has 0 saturated carbocycles. The number of nitrogens with one attached hydrogen (secondary N) is 1. The van der Waals surface area contributed by atoms with Gasteiger partial charge < -0.3 is 19.5 Å². The molecule has 23 heavy (non-hydrogen) atoms. The molecule has 2 aromatic rings. The molecule has 122 valence electrons. The third-order valence-electron chi connectivity index (χ3n) is 3.99. The van der Waals surface area contributed by atoms with Crippen molar-refractivity contribution in [2.45, 2.75) is 19.0 Å². The lowest BCUT2D eigenvalue weighted by Crippen LogP contribution is -2.38. The summed E-state index contributed by atoms with van der Waals surface area (Å²) < 4.78 is 29.6. The number of fused-ring (bicyclic) bond motifs is 1. The minimum absolute atomic E-state index is 0.200. The van der Waals surface area contributed by atoms with Crippen molar-refractivity contribution in [1.82, 2.24) is 5.32 Å². The van der Waals surface area contributed by atoms with Crippen LogP contribution in [0.2, 0.25) is 0 Å². The molecule has 0 aromatic heterocycles. The molecule has 1 aliphatic heterocycles. The van der Waals surface area contributed by atoms with E-state index in [0.717, 1.165) is 29.0 Å². The maximum Gasteiger partial charge on any atom is 0.165 e. The Bertz CT molecular complexity index is 690. The molecular formula is C18H20FNO3. The second-order valence-electron chi connectivity index (χ2n) is 5.51. The molecule has 1 aliphatic rings. The first-order valence-corrected chi connectivity index (χ1v) is 7.55. The summed E-state index contributed by atoms with van der Waals surface area (Å²) in [7, 11) is 3.11. The molecule has 1 N–H and O–H groups in total. The first-order valence-electron chi connectivity index (χ1n) is 7.55. The molecule has 0 radical (unpaired) electrons. The van der Waals surface area contributed by atoms with Gasteiger partial charge in [0.25, 0.3) is 0 Å². The predicted octanol–water partition coefficient (Wildman–Crippen LogP) is 2.94. The average Bonchev–Trinajstić information content (AvgIpc) is 2.60. The molecule has 0 bridgehead atoms. The number of rotatable bonds is 5. The fourth-order valence-electron chi connectivity index (χ4n) is 2.76. The van der Waals surface area contributed by atoms with E-state index in [1.54, 1.807) is 19.2 Å². The number of hydrogen-bond donors (Lipinski definition) is 1. The van der Waals surface area contributed by atoms with Gasteiger partial charge in [0.1, 0.15) is 6.61 Å². The van der Waals surface area contributed by atoms with Crippen LogP contribution in [0.15, 0.2) is 36.4 Å². The summed E-state index contributed by atoms with van der Waals surface area (Å²) in [4.78, 5) is 0. The maximum atomic E-state index is 13.4. The number of para-hydroxylation sites is 1. The van der Waals surface area contributed by atoms with Gasteiger partial charge in [0.15, 0.2) is 23.1 Å². The summed E-state index contributed by atoms with van der Waals surface area (Å²) in [6, 6.07) is 11.0. The third-order valence-corrected chi connectivity index (χ3v) is 3.99. The minimum Gasteiger partial charge on any atom is -0.494 e. The molecular weight excluding hydrogens is 297 g/mol. The van der Waals surface area contributed by atoms with Crippen LogP contribution in [0.5, 0.6) is 17.2 Å². The number of halogens is 1. The fraction of sp³-hybridized carbons (Fsp3) is 0.333. The predicted molar refractivity (Wildman–Crippen MR) is 85.8 cm³/mol. The summed E-state index contributed by atoms with van der Waals surface area (Å²) in [6.07, 6.45) is 0.866. The van der Waals surface area contributed by atoms with Crippen molar-refractivity contribution >= 4 is 0 Å². The number of hydrogen-bond acceptors (Lipinski definition) is 4. The summed E-state index contributed by atoms with van der Waals surface area (Å²) in [5.74, 6) is 1.51. The van der Waals surface area contributed by atoms with Crippen LogP contribution in [-0.2, 0) is 13.0 Å². The zero-order chi connectivity index (χ0) is 16.2. The second-order valence-corrected chi connectivity index (χ2v) is 5.51. The first kappa shape index (κ1) is 15.6. The van der Waals surface area contributed by atoms with Crippen LogP contribution in [0.1, 0.15) is 11.1 Å². The topological polar surface area (TPSA) is 39.7 Å². The van der Waals surface area contributed by atoms with Gasteiger partial charge in [0.05, 0.1) is 14.2 Å². The van der Waals surface area contributed by atoms with Gasteiger partial charge in [0, 0.05) is 12.6 Å². The molecule has 5 heteroatoms. The smallest absolute Gasteiger partial charge is 0.165 e. The van der Waals surface area contributed by atoms with Gasteiger partial charge in [-0.2, -0.15) is 0 Å². The van der Waals surface area contributed by atoms with E-state index < -0.39 is 0 Å². The molecule has 0 aliphatic carbocycles. The van der Waals surface area contributed by atoms with Gasteiger partial charge in [-0.3, -0.25) is 0 Å². The van der Waals surface area contributed by atoms with Crippen molar-refractivity contribution in [1.29, 1.82) is 0 Å². The molecule has 3 rings (SSSR count). The van der Waals surface area contributed by atoms with E-state index in [0.29, 0.717) is 13.2 Å². The van der Waals surface area contributed by atoms with Crippen molar-refractivity contribution in [3.8, 4) is 17.2 Å². The first-order chi connectivity index (χ1) is 11.2. The Balaban J connectivity index is 1.64. The summed E-state index contributed by atoms with van der Waals surface area (Å²) in [5.41, 5.74) is 2.10. The monoisotopic (exact) mass is 317 g/mol. The Kier molecular flexibility index (Phi) is 4.67. The van der Waals surface area contributed by atoms with E-state index in [4.69, 9.17) is 14.2 Å². The highest BCUT2D eigenvalue weighted by atomic mass is 19.1. The lowest BCUT2D eigenvalue weighted by molar-refractivity contribution is 0.226. The molecule has 1 unspecified atom stereocenters. The van der Waals surface area contributed by atoms with Gasteiger partial charge >= 0.3 is 0 Å². The van der Waals surface area contributed by atoms with Crippen molar-refractivity contribution in [3.63, 3.8) is 0 Å². The highest BCUT2D eigenvalue weighted by Gasteiger charge is 2.22. The standard InChI is InChI=1S/C18H20FNO3/c1-21-16-5-3-4-13-9-14(11-23-18(13)16)20-10-12-6-7-15(19)17(8-12)22-2/h3-8,14,20H,9-11H2,1-2H3. The zero-order valence-corrected chi connectivity index (χ0v) is 13.3. The summed E-state index contributed by atoms with van der Waals surface area (Å²) >= 11 is 0. The molecule has 0 fully saturated rings. The Morgan fingerprint density at radius 3 is 2.78 bits per heavy atom. The van der Waals surface area contributed by atoms with E-state index in [2.05, 4.69) is 5.32 Å². The van der Waals surface area contributed by atoms with Crippen LogP contribution in [0.25, 0.3) is 0 Å². The lowest BCUT2D eigenvalue weighted by atomic mass is 10.0. The lowest BCUT2D eigenvalue weighted by Gasteiger charge is -2.27. The molecule has 1 heterocycles. The number of ether oxygens (including phenoxy) is 3. The summed E-state index contributed by atoms with van der Waals surface area (Å²) in [6.45, 7) is 1.20. The third kappa shape index (κ3) is 3.40. The maximum absolute atomic E-state index is 13.4. The number of methoxy groups -OCH3 is 2. The Hall–Kier alpha value is -2.27. The van der Waals surface area contributed by atoms with Crippen molar-refractivity contribution < 1.29 is 18.6 Å². The Morgan fingerprint density at radius 2 is 2.00 bits per heavy atom. The van der Waals surface area contributed by atoms with Gasteiger partial charge in [-0.05, 0) is 35.7 Å². The van der Waals surface area contributed by atoms with Gasteiger partial charge in [-0.15, -0.1) is 0 Å². The normalized spacial score (nSPS) is 16.4. The Morgan fingerprint density at radius 1 is 1.17 bits per heavy atom. The largest absolute Gasteiger partial charge is 0.494 e. The van der Waals surface area contributed by atoms with Gasteiger partial charge in [-0.25, -0.2) is 4.39 Å². The van der Waals surface area contributed by atoms with Crippen molar-refractivity contribution in [3.05, 3.63) is 53.3 Å². The van der Waals surface area contributed by atoms with Gasteiger partial charge in [-0.1, -0.05) is 18.2 Å². The fourth-order valence-corrected chi connectivity index (χ4v) is 2.76. The minimum atomic E-state index is -0.349. The summed E-state index contributed by atoms with van der Waals surface area (Å²) in [5, 5.41) is 3.44. The second kappa shape index (κ2) is 6.87. The van der Waals surface area contributed by atoms with Crippen LogP contribution >= 0.6 is 0 Å². The highest BCUT2D eigenvalue weighted by molar-refractivity contribution is 5.48. The molecule has 4 nitrogen and oxygen atoms in total. The van der Waals surface area contributed by atoms with Crippen molar-refractivity contribution in [2.24, 2.45) is 0 Å². The quantitative estimate of drug-likeness (QED) is 0.920. The molecule has 0 amide bonds. The van der Waals surface area contributed by atoms with Crippen LogP contribution in [0, 0.1) is 5.82 Å². The van der Waals surface area contributed by atoms with Crippen LogP contribution in [0.4, 0.5) is 4.39 Å². The molecule has 1 atom stereocenters. The van der Waals surface area contributed by atoms with Crippen molar-refractivity contribution in [2.75, 3.05) is 20.8 Å². The van der Waals surface area contributed by atoms with Gasteiger partial charge in [0.2, 0.25) is 0 Å². The van der Waals surface area contributed by atoms with Crippen LogP contribution in [-0.4, -0.2) is 26.9 Å². The molecule has 2 aromatic carbocycles. The van der Waals surface area contributed by atoms with Crippen LogP contribution in [0.3, 0.4) is 0 Å². The molecule has 0 saturated heterocycles. The average molecular weight is 317 g/mol. The zero-order valence-electron chi connectivity index (χ0n) is 13.3. The van der Waals surface area contributed by atoms with E-state index in [-0.39, 0.29) is 17.6 Å². The Labute approximate surface area is 135 Å². The van der Waals surface area contributed by atoms with E-state index in [1.165, 1.54) is 13.2 Å². The molecule has 0 spiro atoms. The number of benzene rings is 2. The van der Waals surface area contributed by atoms with E-state index in [9.17, 15) is 4.39 Å². The highest BCUT2D eigenvalue weighted by Crippen LogP contribution is 2.34. The van der Waals surface area contributed by atoms with E-state index >= 15 is 0 Å².